The van der Waals surface area contributed by atoms with Crippen LogP contribution in [0.1, 0.15) is 23.2 Å². The van der Waals surface area contributed by atoms with E-state index in [9.17, 15) is 30.4 Å². The summed E-state index contributed by atoms with van der Waals surface area (Å²) in [6.45, 7) is -0.601. The SMILES string of the molecule is NCc1cnc(C(F)(F)F)c(C(F)F)c1S(N)(=O)=O. The summed E-state index contributed by atoms with van der Waals surface area (Å²) in [5.41, 5.74) is 0.805. The van der Waals surface area contributed by atoms with Gasteiger partial charge in [0.15, 0.2) is 5.69 Å². The molecule has 0 spiro atoms. The number of primary sulfonamides is 1. The molecule has 0 amide bonds. The molecule has 0 saturated heterocycles. The van der Waals surface area contributed by atoms with E-state index in [-0.39, 0.29) is 0 Å². The molecule has 1 aromatic heterocycles. The number of nitrogens with zero attached hydrogens (tertiary/aromatic N) is 1. The Morgan fingerprint density at radius 2 is 1.84 bits per heavy atom. The highest BCUT2D eigenvalue weighted by atomic mass is 32.2. The van der Waals surface area contributed by atoms with Gasteiger partial charge >= 0.3 is 6.18 Å². The van der Waals surface area contributed by atoms with Crippen molar-refractivity contribution in [1.29, 1.82) is 0 Å². The van der Waals surface area contributed by atoms with Crippen LogP contribution in [0.15, 0.2) is 11.1 Å². The molecule has 1 heterocycles. The minimum Gasteiger partial charge on any atom is -0.326 e. The van der Waals surface area contributed by atoms with Crippen LogP contribution in [0.25, 0.3) is 0 Å². The average molecular weight is 305 g/mol. The summed E-state index contributed by atoms with van der Waals surface area (Å²) in [6, 6.07) is 0. The predicted molar refractivity (Wildman–Crippen MR) is 53.5 cm³/mol. The van der Waals surface area contributed by atoms with Crippen LogP contribution in [0.5, 0.6) is 0 Å². The normalized spacial score (nSPS) is 13.1. The third-order valence-electron chi connectivity index (χ3n) is 2.13. The van der Waals surface area contributed by atoms with E-state index in [4.69, 9.17) is 5.73 Å². The standard InChI is InChI=1S/C8H8F5N3O2S/c9-7(10)4-5(19(15,17)18)3(1-14)2-16-6(4)8(11,12)13/h2,7H,1,14H2,(H2,15,17,18). The molecule has 4 N–H and O–H groups in total. The number of halogens is 5. The Balaban J connectivity index is 3.85. The molecular weight excluding hydrogens is 297 g/mol. The van der Waals surface area contributed by atoms with Crippen molar-refractivity contribution in [3.05, 3.63) is 23.0 Å². The smallest absolute Gasteiger partial charge is 0.326 e. The zero-order valence-electron chi connectivity index (χ0n) is 9.08. The first-order valence-corrected chi connectivity index (χ1v) is 6.14. The quantitative estimate of drug-likeness (QED) is 0.818. The third-order valence-corrected chi connectivity index (χ3v) is 3.18. The van der Waals surface area contributed by atoms with Crippen LogP contribution in [-0.4, -0.2) is 13.4 Å². The molecule has 0 radical (unpaired) electrons. The maximum absolute atomic E-state index is 12.8. The molecule has 0 aliphatic heterocycles. The lowest BCUT2D eigenvalue weighted by molar-refractivity contribution is -0.143. The van der Waals surface area contributed by atoms with E-state index in [0.29, 0.717) is 6.20 Å². The zero-order valence-corrected chi connectivity index (χ0v) is 9.89. The summed E-state index contributed by atoms with van der Waals surface area (Å²) in [4.78, 5) is 1.48. The topological polar surface area (TPSA) is 99.1 Å². The lowest BCUT2D eigenvalue weighted by Gasteiger charge is -2.16. The van der Waals surface area contributed by atoms with Crippen LogP contribution in [-0.2, 0) is 22.7 Å². The Morgan fingerprint density at radius 1 is 1.32 bits per heavy atom. The molecule has 11 heteroatoms. The maximum Gasteiger partial charge on any atom is 0.433 e. The highest BCUT2D eigenvalue weighted by Gasteiger charge is 2.41. The molecule has 108 valence electrons. The molecule has 5 nitrogen and oxygen atoms in total. The number of rotatable bonds is 3. The highest BCUT2D eigenvalue weighted by Crippen LogP contribution is 2.38. The molecule has 0 fully saturated rings. The lowest BCUT2D eigenvalue weighted by atomic mass is 10.1. The second-order valence-electron chi connectivity index (χ2n) is 3.42. The first-order valence-electron chi connectivity index (χ1n) is 4.60. The molecule has 0 bridgehead atoms. The Bertz CT molecular complexity index is 585. The second-order valence-corrected chi connectivity index (χ2v) is 4.92. The molecule has 19 heavy (non-hydrogen) atoms. The van der Waals surface area contributed by atoms with Crippen molar-refractivity contribution >= 4 is 10.0 Å². The Hall–Kier alpha value is -1.33. The van der Waals surface area contributed by atoms with Gasteiger partial charge in [-0.1, -0.05) is 0 Å². The van der Waals surface area contributed by atoms with Gasteiger partial charge in [0.05, 0.1) is 10.5 Å². The Labute approximate surface area is 104 Å². The van der Waals surface area contributed by atoms with Crippen LogP contribution in [0.3, 0.4) is 0 Å². The number of nitrogens with two attached hydrogens (primary N) is 2. The first kappa shape index (κ1) is 15.7. The number of hydrogen-bond donors (Lipinski definition) is 2. The van der Waals surface area contributed by atoms with Gasteiger partial charge in [-0.05, 0) is 0 Å². The lowest BCUT2D eigenvalue weighted by Crippen LogP contribution is -2.23. The molecule has 1 rings (SSSR count). The summed E-state index contributed by atoms with van der Waals surface area (Å²) in [6.07, 6.45) is -8.49. The van der Waals surface area contributed by atoms with Gasteiger partial charge in [-0.15, -0.1) is 0 Å². The summed E-state index contributed by atoms with van der Waals surface area (Å²) >= 11 is 0. The zero-order chi connectivity index (χ0) is 15.0. The minimum atomic E-state index is -5.24. The first-order chi connectivity index (χ1) is 8.50. The predicted octanol–water partition coefficient (Wildman–Crippen LogP) is 1.14. The van der Waals surface area contributed by atoms with E-state index in [0.717, 1.165) is 0 Å². The number of sulfonamides is 1. The van der Waals surface area contributed by atoms with Gasteiger partial charge < -0.3 is 5.73 Å². The van der Waals surface area contributed by atoms with Crippen LogP contribution in [0.4, 0.5) is 22.0 Å². The summed E-state index contributed by atoms with van der Waals surface area (Å²) in [5, 5.41) is 4.67. The average Bonchev–Trinajstić information content (AvgIpc) is 2.24. The van der Waals surface area contributed by atoms with Crippen LogP contribution >= 0.6 is 0 Å². The van der Waals surface area contributed by atoms with Gasteiger partial charge in [-0.25, -0.2) is 22.3 Å². The second kappa shape index (κ2) is 4.98. The van der Waals surface area contributed by atoms with E-state index in [2.05, 4.69) is 10.1 Å². The van der Waals surface area contributed by atoms with Crippen molar-refractivity contribution in [3.63, 3.8) is 0 Å². The van der Waals surface area contributed by atoms with Crippen molar-refractivity contribution < 1.29 is 30.4 Å². The molecule has 0 unspecified atom stereocenters. The number of hydrogen-bond acceptors (Lipinski definition) is 4. The van der Waals surface area contributed by atoms with Crippen molar-refractivity contribution in [2.75, 3.05) is 0 Å². The number of aromatic nitrogens is 1. The van der Waals surface area contributed by atoms with Crippen molar-refractivity contribution in [2.45, 2.75) is 24.0 Å². The van der Waals surface area contributed by atoms with Crippen molar-refractivity contribution in [2.24, 2.45) is 10.9 Å². The van der Waals surface area contributed by atoms with Crippen LogP contribution < -0.4 is 10.9 Å². The largest absolute Gasteiger partial charge is 0.433 e. The Kier molecular flexibility index (Phi) is 4.12. The van der Waals surface area contributed by atoms with Crippen molar-refractivity contribution in [3.8, 4) is 0 Å². The van der Waals surface area contributed by atoms with E-state index < -0.39 is 50.9 Å². The van der Waals surface area contributed by atoms with Gasteiger partial charge in [-0.3, -0.25) is 4.98 Å². The molecule has 0 saturated carbocycles. The monoisotopic (exact) mass is 305 g/mol. The fourth-order valence-corrected chi connectivity index (χ4v) is 2.45. The summed E-state index contributed by atoms with van der Waals surface area (Å²) < 4.78 is 85.6. The maximum atomic E-state index is 12.8. The van der Waals surface area contributed by atoms with Crippen LogP contribution in [0, 0.1) is 0 Å². The molecule has 1 aromatic rings. The third kappa shape index (κ3) is 3.16. The number of alkyl halides is 5. The van der Waals surface area contributed by atoms with Crippen molar-refractivity contribution in [1.82, 2.24) is 4.98 Å². The van der Waals surface area contributed by atoms with Gasteiger partial charge in [0, 0.05) is 18.3 Å². The van der Waals surface area contributed by atoms with Gasteiger partial charge in [0.25, 0.3) is 6.43 Å². The minimum absolute atomic E-state index is 0.467. The van der Waals surface area contributed by atoms with E-state index in [1.807, 2.05) is 0 Å². The van der Waals surface area contributed by atoms with Gasteiger partial charge in [-0.2, -0.15) is 13.2 Å². The van der Waals surface area contributed by atoms with Crippen LogP contribution in [0.2, 0.25) is 0 Å². The molecule has 0 aromatic carbocycles. The fourth-order valence-electron chi connectivity index (χ4n) is 1.46. The van der Waals surface area contributed by atoms with E-state index in [1.54, 1.807) is 0 Å². The fraction of sp³-hybridized carbons (Fsp3) is 0.375. The summed E-state index contributed by atoms with van der Waals surface area (Å²) in [7, 11) is -4.80. The Morgan fingerprint density at radius 3 is 2.16 bits per heavy atom. The van der Waals surface area contributed by atoms with E-state index in [1.165, 1.54) is 0 Å². The van der Waals surface area contributed by atoms with Gasteiger partial charge in [0.2, 0.25) is 10.0 Å². The molecular formula is C8H8F5N3O2S. The number of pyridine rings is 1. The molecule has 0 atom stereocenters. The van der Waals surface area contributed by atoms with Gasteiger partial charge in [0.1, 0.15) is 0 Å². The summed E-state index contributed by atoms with van der Waals surface area (Å²) in [5.74, 6) is 0. The van der Waals surface area contributed by atoms with E-state index >= 15 is 0 Å². The molecule has 0 aliphatic rings. The molecule has 0 aliphatic carbocycles. The highest BCUT2D eigenvalue weighted by molar-refractivity contribution is 7.89.